The number of nitrogens with one attached hydrogen (secondary N) is 1. The van der Waals surface area contributed by atoms with Crippen molar-refractivity contribution < 1.29 is 17.7 Å². The summed E-state index contributed by atoms with van der Waals surface area (Å²) in [7, 11) is -3.34. The van der Waals surface area contributed by atoms with E-state index in [-0.39, 0.29) is 23.7 Å². The smallest absolute Gasteiger partial charge is 0.273 e. The van der Waals surface area contributed by atoms with E-state index >= 15 is 0 Å². The maximum Gasteiger partial charge on any atom is 0.273 e. The Morgan fingerprint density at radius 1 is 1.24 bits per heavy atom. The van der Waals surface area contributed by atoms with Crippen LogP contribution in [0.4, 0.5) is 0 Å². The summed E-state index contributed by atoms with van der Waals surface area (Å²) in [4.78, 5) is 12.4. The summed E-state index contributed by atoms with van der Waals surface area (Å²) >= 11 is 0. The van der Waals surface area contributed by atoms with Gasteiger partial charge in [-0.15, -0.1) is 0 Å². The van der Waals surface area contributed by atoms with Gasteiger partial charge in [0.1, 0.15) is 5.76 Å². The predicted molar refractivity (Wildman–Crippen MR) is 109 cm³/mol. The molecule has 7 nitrogen and oxygen atoms in total. The van der Waals surface area contributed by atoms with Gasteiger partial charge in [-0.05, 0) is 44.6 Å². The number of benzene rings is 1. The fourth-order valence-electron chi connectivity index (χ4n) is 3.92. The van der Waals surface area contributed by atoms with Gasteiger partial charge in [0.15, 0.2) is 5.69 Å². The molecule has 1 aliphatic carbocycles. The van der Waals surface area contributed by atoms with Crippen LogP contribution in [0.2, 0.25) is 0 Å². The Morgan fingerprint density at radius 3 is 2.69 bits per heavy atom. The van der Waals surface area contributed by atoms with Crippen LogP contribution in [0.25, 0.3) is 0 Å². The molecule has 1 aromatic carbocycles. The molecule has 0 radical (unpaired) electrons. The van der Waals surface area contributed by atoms with Gasteiger partial charge in [0.25, 0.3) is 5.91 Å². The summed E-state index contributed by atoms with van der Waals surface area (Å²) in [5.74, 6) is 1.04. The van der Waals surface area contributed by atoms with Gasteiger partial charge in [-0.2, -0.15) is 4.31 Å². The minimum Gasteiger partial charge on any atom is -0.360 e. The first kappa shape index (κ1) is 20.1. The number of piperidine rings is 1. The van der Waals surface area contributed by atoms with Crippen molar-refractivity contribution >= 4 is 15.9 Å². The molecule has 2 aliphatic rings. The minimum absolute atomic E-state index is 0.0702. The molecule has 1 saturated carbocycles. The van der Waals surface area contributed by atoms with Gasteiger partial charge < -0.3 is 9.84 Å². The van der Waals surface area contributed by atoms with Crippen molar-refractivity contribution in [3.63, 3.8) is 0 Å². The van der Waals surface area contributed by atoms with E-state index in [0.717, 1.165) is 24.2 Å². The Bertz CT molecular complexity index is 953. The first-order chi connectivity index (χ1) is 13.9. The lowest BCUT2D eigenvalue weighted by Crippen LogP contribution is -2.51. The van der Waals surface area contributed by atoms with Crippen LogP contribution in [0, 0.1) is 0 Å². The van der Waals surface area contributed by atoms with Crippen molar-refractivity contribution in [2.24, 2.45) is 0 Å². The van der Waals surface area contributed by atoms with Crippen LogP contribution in [0.3, 0.4) is 0 Å². The van der Waals surface area contributed by atoms with E-state index < -0.39 is 10.0 Å². The minimum atomic E-state index is -3.34. The Morgan fingerprint density at radius 2 is 2.00 bits per heavy atom. The van der Waals surface area contributed by atoms with Gasteiger partial charge in [0.05, 0.1) is 5.75 Å². The number of amides is 1. The Hall–Kier alpha value is -2.19. The van der Waals surface area contributed by atoms with Gasteiger partial charge >= 0.3 is 0 Å². The Kier molecular flexibility index (Phi) is 5.74. The first-order valence-corrected chi connectivity index (χ1v) is 11.8. The molecule has 1 N–H and O–H groups in total. The molecular weight excluding hydrogens is 390 g/mol. The van der Waals surface area contributed by atoms with E-state index in [1.54, 1.807) is 10.4 Å². The number of rotatable bonds is 7. The molecule has 2 atom stereocenters. The summed E-state index contributed by atoms with van der Waals surface area (Å²) in [6.07, 6.45) is 3.86. The molecular formula is C21H27N3O4S. The summed E-state index contributed by atoms with van der Waals surface area (Å²) in [6.45, 7) is 2.31. The van der Waals surface area contributed by atoms with Gasteiger partial charge in [-0.25, -0.2) is 8.42 Å². The number of hydrogen-bond acceptors (Lipinski definition) is 5. The number of hydrogen-bond donors (Lipinski definition) is 1. The molecule has 0 unspecified atom stereocenters. The molecule has 2 fully saturated rings. The van der Waals surface area contributed by atoms with Crippen LogP contribution >= 0.6 is 0 Å². The van der Waals surface area contributed by atoms with Crippen LogP contribution in [0.15, 0.2) is 40.9 Å². The third-order valence-electron chi connectivity index (χ3n) is 5.74. The second-order valence-corrected chi connectivity index (χ2v) is 10.1. The summed E-state index contributed by atoms with van der Waals surface area (Å²) in [5, 5.41) is 6.86. The van der Waals surface area contributed by atoms with Crippen LogP contribution in [0.1, 0.15) is 60.3 Å². The van der Waals surface area contributed by atoms with E-state index in [9.17, 15) is 13.2 Å². The van der Waals surface area contributed by atoms with Gasteiger partial charge in [-0.3, -0.25) is 4.79 Å². The highest BCUT2D eigenvalue weighted by atomic mass is 32.2. The monoisotopic (exact) mass is 417 g/mol. The number of carbonyl (C=O) groups excluding carboxylic acids is 1. The topological polar surface area (TPSA) is 92.5 Å². The van der Waals surface area contributed by atoms with Crippen LogP contribution < -0.4 is 5.32 Å². The lowest BCUT2D eigenvalue weighted by Gasteiger charge is -2.36. The third-order valence-corrected chi connectivity index (χ3v) is 7.72. The van der Waals surface area contributed by atoms with Crippen molar-refractivity contribution in [1.29, 1.82) is 0 Å². The van der Waals surface area contributed by atoms with Crippen molar-refractivity contribution in [1.82, 2.24) is 14.8 Å². The van der Waals surface area contributed by atoms with Crippen molar-refractivity contribution in [3.8, 4) is 0 Å². The predicted octanol–water partition coefficient (Wildman–Crippen LogP) is 2.71. The maximum atomic E-state index is 12.8. The van der Waals surface area contributed by atoms with E-state index in [0.29, 0.717) is 37.4 Å². The normalized spacial score (nSPS) is 23.1. The zero-order chi connectivity index (χ0) is 20.4. The lowest BCUT2D eigenvalue weighted by molar-refractivity contribution is 0.0905. The second kappa shape index (κ2) is 8.28. The van der Waals surface area contributed by atoms with Gasteiger partial charge in [0.2, 0.25) is 10.0 Å². The molecule has 2 aromatic rings. The maximum absolute atomic E-state index is 12.8. The molecule has 1 aliphatic heterocycles. The highest BCUT2D eigenvalue weighted by molar-refractivity contribution is 7.89. The fourth-order valence-corrected chi connectivity index (χ4v) is 5.67. The summed E-state index contributed by atoms with van der Waals surface area (Å²) in [5.41, 5.74) is 1.32. The molecule has 0 bridgehead atoms. The molecule has 29 heavy (non-hydrogen) atoms. The zero-order valence-corrected chi connectivity index (χ0v) is 17.4. The van der Waals surface area contributed by atoms with Crippen molar-refractivity contribution in [2.45, 2.75) is 57.0 Å². The van der Waals surface area contributed by atoms with Crippen molar-refractivity contribution in [3.05, 3.63) is 53.4 Å². The standard InChI is InChI=1S/C21H27N3O4S/c1-15-13-18(22-21(25)19-14-20(28-23-19)17-7-8-17)9-11-24(15)29(26,27)12-10-16-5-3-2-4-6-16/h2-6,14-15,17-18H,7-13H2,1H3,(H,22,25)/t15-,18-/m1/s1. The average Bonchev–Trinajstić information content (AvgIpc) is 3.43. The van der Waals surface area contributed by atoms with Gasteiger partial charge in [-0.1, -0.05) is 35.5 Å². The van der Waals surface area contributed by atoms with E-state index in [1.807, 2.05) is 37.3 Å². The molecule has 156 valence electrons. The van der Waals surface area contributed by atoms with Crippen LogP contribution in [-0.4, -0.2) is 48.2 Å². The largest absolute Gasteiger partial charge is 0.360 e. The molecule has 1 saturated heterocycles. The lowest BCUT2D eigenvalue weighted by atomic mass is 10.0. The summed E-state index contributed by atoms with van der Waals surface area (Å²) < 4.78 is 32.4. The molecule has 1 aromatic heterocycles. The first-order valence-electron chi connectivity index (χ1n) is 10.2. The fraction of sp³-hybridized carbons (Fsp3) is 0.524. The van der Waals surface area contributed by atoms with Crippen LogP contribution in [0.5, 0.6) is 0 Å². The van der Waals surface area contributed by atoms with Crippen LogP contribution in [-0.2, 0) is 16.4 Å². The number of aromatic nitrogens is 1. The number of aryl methyl sites for hydroxylation is 1. The van der Waals surface area contributed by atoms with Gasteiger partial charge in [0, 0.05) is 30.6 Å². The number of nitrogens with zero attached hydrogens (tertiary/aromatic N) is 2. The zero-order valence-electron chi connectivity index (χ0n) is 16.6. The van der Waals surface area contributed by atoms with E-state index in [4.69, 9.17) is 4.52 Å². The van der Waals surface area contributed by atoms with Crippen molar-refractivity contribution in [2.75, 3.05) is 12.3 Å². The molecule has 0 spiro atoms. The quantitative estimate of drug-likeness (QED) is 0.748. The molecule has 4 rings (SSSR count). The second-order valence-electron chi connectivity index (χ2n) is 8.09. The number of sulfonamides is 1. The Balaban J connectivity index is 1.30. The average molecular weight is 418 g/mol. The third kappa shape index (κ3) is 4.87. The van der Waals surface area contributed by atoms with E-state index in [2.05, 4.69) is 10.5 Å². The molecule has 8 heteroatoms. The highest BCUT2D eigenvalue weighted by Gasteiger charge is 2.34. The molecule has 2 heterocycles. The Labute approximate surface area is 171 Å². The molecule has 1 amide bonds. The number of carbonyl (C=O) groups is 1. The highest BCUT2D eigenvalue weighted by Crippen LogP contribution is 2.40. The SMILES string of the molecule is C[C@@H]1C[C@H](NC(=O)c2cc(C3CC3)on2)CCN1S(=O)(=O)CCc1ccccc1. The summed E-state index contributed by atoms with van der Waals surface area (Å²) in [6, 6.07) is 11.1. The van der Waals surface area contributed by atoms with E-state index in [1.165, 1.54) is 0 Å².